The zero-order valence-electron chi connectivity index (χ0n) is 57.3. The predicted molar refractivity (Wildman–Crippen MR) is 340 cm³/mol. The Kier molecular flexibility index (Phi) is 17.4. The summed E-state index contributed by atoms with van der Waals surface area (Å²) in [4.78, 5) is 66.2. The third-order valence-corrected chi connectivity index (χ3v) is 29.2. The van der Waals surface area contributed by atoms with Crippen molar-refractivity contribution in [3.8, 4) is 5.75 Å². The molecule has 0 spiro atoms. The summed E-state index contributed by atoms with van der Waals surface area (Å²) in [7, 11) is 3.81. The number of methoxy groups -OCH3 is 2. The van der Waals surface area contributed by atoms with Crippen molar-refractivity contribution in [2.45, 2.75) is 282 Å². The fraction of sp³-hybridized carbons (Fsp3) is 0.829. The smallest absolute Gasteiger partial charge is 0.312 e. The number of ether oxygens (including phenoxy) is 6. The SMILES string of the molecule is CO[C@@H]1CC[C@]2(C)[C@H](CC[C@@]3(C)CC4=CC[C@@H]5C(C)(C)[C@H](OC(=O)CCC(=O)OCc6cc(=O)c(OC(=O)CCC(=O)O[C@@H]7CC[C@@]8(C)[C@@H]9CC[C@H]%10[C@@](C)(CC[C@@H]%11C(C)(C)[C@H](OC)CC[C@]%11%10C)CC9=CC[C@@H]8C7(C)C)co6)CC[C@@]5(C)[C@@H]4CC[C@@H]32)C1(C)C. The van der Waals surface area contributed by atoms with Crippen molar-refractivity contribution in [2.24, 2.45) is 101 Å². The molecule has 0 saturated heterocycles. The molecule has 8 saturated carbocycles. The van der Waals surface area contributed by atoms with Crippen molar-refractivity contribution >= 4 is 23.9 Å². The molecule has 8 fully saturated rings. The van der Waals surface area contributed by atoms with Crippen LogP contribution in [0.5, 0.6) is 5.75 Å². The summed E-state index contributed by atoms with van der Waals surface area (Å²) in [5.41, 5.74) is 3.90. The summed E-state index contributed by atoms with van der Waals surface area (Å²) >= 11 is 0. The van der Waals surface area contributed by atoms with Crippen molar-refractivity contribution < 1.29 is 52.0 Å². The fourth-order valence-electron chi connectivity index (χ4n) is 24.9. The van der Waals surface area contributed by atoms with Crippen molar-refractivity contribution in [3.63, 3.8) is 0 Å². The summed E-state index contributed by atoms with van der Waals surface area (Å²) in [5.74, 6) is 1.87. The Labute approximate surface area is 528 Å². The summed E-state index contributed by atoms with van der Waals surface area (Å²) in [6, 6.07) is 1.11. The molecule has 1 aromatic rings. The third-order valence-electron chi connectivity index (χ3n) is 29.2. The molecule has 0 radical (unpaired) electrons. The Morgan fingerprint density at radius 2 is 0.852 bits per heavy atom. The number of hydrogen-bond acceptors (Lipinski definition) is 12. The average Bonchev–Trinajstić information content (AvgIpc) is 1.56. The van der Waals surface area contributed by atoms with E-state index >= 15 is 0 Å². The molecular formula is C76H114O12. The standard InChI is InChI=1S/C76H114O12/c1-67(2)55-29-35-71(9)42-46-17-21-53-69(5,6)61(33-37-73(53,11)49(46)19-23-57(71)75(55,13)39-31-59(67)82-15)87-65(80)26-25-63(78)85-44-48-41-51(77)52(45-84-48)86-64(79)27-28-66(81)88-62-34-38-74(12)50-20-24-58-72(10,43-47(50)18-22-54(74)70(62,7)8)36-30-56-68(3,4)60(83-16)32-40-76(56,58)14/h17-18,41,45,49-50,53-62H,19-40,42-44H2,1-16H3/t49-,50-,53-,54-,55-,56-,57+,58+,59-,60-,61-,62-,71+,72+,73+,74+,75-,76-/m1/s1. The molecule has 490 valence electrons. The van der Waals surface area contributed by atoms with Gasteiger partial charge >= 0.3 is 23.9 Å². The first kappa shape index (κ1) is 65.7. The van der Waals surface area contributed by atoms with Gasteiger partial charge in [0, 0.05) is 31.1 Å². The van der Waals surface area contributed by atoms with E-state index in [0.29, 0.717) is 75.8 Å². The van der Waals surface area contributed by atoms with E-state index in [4.69, 9.17) is 32.8 Å². The minimum atomic E-state index is -0.756. The van der Waals surface area contributed by atoms with Crippen LogP contribution in [0.3, 0.4) is 0 Å². The highest BCUT2D eigenvalue weighted by molar-refractivity contribution is 5.79. The average molecular weight is 1220 g/mol. The molecule has 0 bridgehead atoms. The zero-order chi connectivity index (χ0) is 63.6. The predicted octanol–water partition coefficient (Wildman–Crippen LogP) is 16.9. The molecule has 0 N–H and O–H groups in total. The Bertz CT molecular complexity index is 2960. The lowest BCUT2D eigenvalue weighted by atomic mass is 9.42. The number of fused-ring (bicyclic) bond motifs is 12. The van der Waals surface area contributed by atoms with E-state index in [1.165, 1.54) is 77.0 Å². The van der Waals surface area contributed by atoms with Gasteiger partial charge < -0.3 is 32.8 Å². The van der Waals surface area contributed by atoms with E-state index in [1.54, 1.807) is 11.1 Å². The second-order valence-corrected chi connectivity index (χ2v) is 34.9. The second kappa shape index (κ2) is 23.4. The lowest BCUT2D eigenvalue weighted by Crippen LogP contribution is -2.58. The first-order chi connectivity index (χ1) is 41.2. The first-order valence-corrected chi connectivity index (χ1v) is 35.0. The van der Waals surface area contributed by atoms with Crippen LogP contribution in [0.25, 0.3) is 0 Å². The summed E-state index contributed by atoms with van der Waals surface area (Å²) < 4.78 is 41.1. The summed E-state index contributed by atoms with van der Waals surface area (Å²) in [5, 5.41) is 0. The number of rotatable bonds is 13. The van der Waals surface area contributed by atoms with Gasteiger partial charge in [0.2, 0.25) is 11.2 Å². The van der Waals surface area contributed by atoms with E-state index in [1.807, 2.05) is 14.2 Å². The first-order valence-electron chi connectivity index (χ1n) is 35.0. The minimum Gasteiger partial charge on any atom is -0.462 e. The molecule has 0 aliphatic heterocycles. The van der Waals surface area contributed by atoms with Gasteiger partial charge in [-0.2, -0.15) is 0 Å². The highest BCUT2D eigenvalue weighted by Gasteiger charge is 2.66. The topological polar surface area (TPSA) is 154 Å². The van der Waals surface area contributed by atoms with Gasteiger partial charge in [-0.25, -0.2) is 0 Å². The quantitative estimate of drug-likeness (QED) is 0.105. The van der Waals surface area contributed by atoms with Crippen molar-refractivity contribution in [3.05, 3.63) is 51.6 Å². The second-order valence-electron chi connectivity index (χ2n) is 34.9. The summed E-state index contributed by atoms with van der Waals surface area (Å²) in [6.07, 6.45) is 28.3. The van der Waals surface area contributed by atoms with E-state index in [2.05, 4.69) is 109 Å². The molecule has 1 aromatic heterocycles. The van der Waals surface area contributed by atoms with Crippen LogP contribution < -0.4 is 10.2 Å². The number of carbonyl (C=O) groups is 4. The van der Waals surface area contributed by atoms with Crippen LogP contribution >= 0.6 is 0 Å². The number of esters is 4. The van der Waals surface area contributed by atoms with E-state index < -0.39 is 29.3 Å². The van der Waals surface area contributed by atoms with Crippen LogP contribution in [0.2, 0.25) is 0 Å². The monoisotopic (exact) mass is 1220 g/mol. The van der Waals surface area contributed by atoms with Gasteiger partial charge in [-0.15, -0.1) is 0 Å². The van der Waals surface area contributed by atoms with Gasteiger partial charge in [-0.1, -0.05) is 120 Å². The van der Waals surface area contributed by atoms with Crippen LogP contribution in [0.4, 0.5) is 0 Å². The fourth-order valence-corrected chi connectivity index (χ4v) is 24.9. The van der Waals surface area contributed by atoms with Crippen LogP contribution in [-0.4, -0.2) is 62.5 Å². The van der Waals surface area contributed by atoms with Gasteiger partial charge in [0.15, 0.2) is 0 Å². The number of carbonyl (C=O) groups excluding carboxylic acids is 4. The Morgan fingerprint density at radius 1 is 0.455 bits per heavy atom. The minimum absolute atomic E-state index is 0.0540. The highest BCUT2D eigenvalue weighted by Crippen LogP contribution is 2.73. The molecule has 18 atom stereocenters. The van der Waals surface area contributed by atoms with Gasteiger partial charge in [-0.05, 0) is 219 Å². The maximum absolute atomic E-state index is 13.5. The maximum Gasteiger partial charge on any atom is 0.312 e. The number of hydrogen-bond donors (Lipinski definition) is 0. The molecule has 12 heteroatoms. The summed E-state index contributed by atoms with van der Waals surface area (Å²) in [6.45, 7) is 34.2. The van der Waals surface area contributed by atoms with Gasteiger partial charge in [-0.3, -0.25) is 24.0 Å². The lowest BCUT2D eigenvalue weighted by molar-refractivity contribution is -0.178. The van der Waals surface area contributed by atoms with Gasteiger partial charge in [0.05, 0.1) is 37.9 Å². The van der Waals surface area contributed by atoms with Crippen molar-refractivity contribution in [2.75, 3.05) is 14.2 Å². The van der Waals surface area contributed by atoms with Crippen LogP contribution in [-0.2, 0) is 49.5 Å². The molecule has 10 aliphatic carbocycles. The normalized spacial score (nSPS) is 42.5. The molecule has 88 heavy (non-hydrogen) atoms. The largest absolute Gasteiger partial charge is 0.462 e. The van der Waals surface area contributed by atoms with E-state index in [9.17, 15) is 24.0 Å². The Hall–Kier alpha value is -3.77. The molecule has 11 rings (SSSR count). The molecular weight excluding hydrogens is 1100 g/mol. The van der Waals surface area contributed by atoms with Crippen molar-refractivity contribution in [1.29, 1.82) is 0 Å². The lowest BCUT2D eigenvalue weighted by Gasteiger charge is -2.64. The highest BCUT2D eigenvalue weighted by atomic mass is 16.6. The van der Waals surface area contributed by atoms with E-state index in [-0.39, 0.29) is 93.9 Å². The molecule has 0 aromatic carbocycles. The molecule has 12 nitrogen and oxygen atoms in total. The molecule has 10 aliphatic rings. The van der Waals surface area contributed by atoms with Gasteiger partial charge in [0.25, 0.3) is 0 Å². The van der Waals surface area contributed by atoms with Crippen LogP contribution in [0.15, 0.2) is 44.8 Å². The molecule has 1 heterocycles. The Balaban J connectivity index is 0.616. The molecule has 0 unspecified atom stereocenters. The number of allylic oxidation sites excluding steroid dienone is 4. The van der Waals surface area contributed by atoms with Crippen LogP contribution in [0, 0.1) is 101 Å². The third kappa shape index (κ3) is 11.0. The van der Waals surface area contributed by atoms with E-state index in [0.717, 1.165) is 63.7 Å². The van der Waals surface area contributed by atoms with Crippen molar-refractivity contribution in [1.82, 2.24) is 0 Å². The molecule has 0 amide bonds. The van der Waals surface area contributed by atoms with Gasteiger partial charge in [0.1, 0.15) is 30.8 Å². The zero-order valence-corrected chi connectivity index (χ0v) is 57.3. The maximum atomic E-state index is 13.5. The Morgan fingerprint density at radius 3 is 1.28 bits per heavy atom. The van der Waals surface area contributed by atoms with Crippen LogP contribution in [0.1, 0.15) is 257 Å².